The van der Waals surface area contributed by atoms with Crippen molar-refractivity contribution in [2.24, 2.45) is 0 Å². The van der Waals surface area contributed by atoms with Gasteiger partial charge in [0, 0.05) is 12.6 Å². The Bertz CT molecular complexity index is 540. The Morgan fingerprint density at radius 3 is 2.75 bits per heavy atom. The summed E-state index contributed by atoms with van der Waals surface area (Å²) in [6.45, 7) is 2.61. The highest BCUT2D eigenvalue weighted by Gasteiger charge is 2.01. The van der Waals surface area contributed by atoms with Gasteiger partial charge in [-0.2, -0.15) is 0 Å². The van der Waals surface area contributed by atoms with Crippen molar-refractivity contribution in [2.45, 2.75) is 26.3 Å². The van der Waals surface area contributed by atoms with Crippen LogP contribution in [0.25, 0.3) is 0 Å². The van der Waals surface area contributed by atoms with Crippen LogP contribution in [0.5, 0.6) is 0 Å². The van der Waals surface area contributed by atoms with E-state index in [-0.39, 0.29) is 5.91 Å². The summed E-state index contributed by atoms with van der Waals surface area (Å²) in [4.78, 5) is 19.9. The van der Waals surface area contributed by atoms with Crippen LogP contribution in [0, 0.1) is 0 Å². The third-order valence-corrected chi connectivity index (χ3v) is 2.71. The van der Waals surface area contributed by atoms with Crippen LogP contribution in [0.2, 0.25) is 0 Å². The zero-order valence-corrected chi connectivity index (χ0v) is 11.5. The molecule has 0 spiro atoms. The molecule has 20 heavy (non-hydrogen) atoms. The number of anilines is 2. The van der Waals surface area contributed by atoms with Crippen molar-refractivity contribution < 1.29 is 4.79 Å². The van der Waals surface area contributed by atoms with Crippen molar-refractivity contribution in [3.8, 4) is 0 Å². The first-order chi connectivity index (χ1) is 9.78. The van der Waals surface area contributed by atoms with E-state index >= 15 is 0 Å². The Hall–Kier alpha value is -2.43. The molecule has 0 aliphatic carbocycles. The van der Waals surface area contributed by atoms with E-state index in [2.05, 4.69) is 20.6 Å². The van der Waals surface area contributed by atoms with Crippen LogP contribution in [-0.2, 0) is 11.3 Å². The van der Waals surface area contributed by atoms with Gasteiger partial charge in [-0.3, -0.25) is 9.78 Å². The molecule has 5 nitrogen and oxygen atoms in total. The van der Waals surface area contributed by atoms with Crippen molar-refractivity contribution in [3.05, 3.63) is 48.4 Å². The fraction of sp³-hybridized carbons (Fsp3) is 0.267. The lowest BCUT2D eigenvalue weighted by Gasteiger charge is -2.07. The summed E-state index contributed by atoms with van der Waals surface area (Å²) in [7, 11) is 0. The monoisotopic (exact) mass is 270 g/mol. The van der Waals surface area contributed by atoms with Gasteiger partial charge in [0.2, 0.25) is 5.91 Å². The molecule has 0 aliphatic heterocycles. The summed E-state index contributed by atoms with van der Waals surface area (Å²) < 4.78 is 0. The quantitative estimate of drug-likeness (QED) is 0.847. The van der Waals surface area contributed by atoms with Crippen LogP contribution in [0.4, 0.5) is 11.5 Å². The SMILES string of the molecule is CCCC(=O)Nc1ccc(NCc2ccccn2)cn1. The maximum absolute atomic E-state index is 11.4. The van der Waals surface area contributed by atoms with Gasteiger partial charge in [0.15, 0.2) is 0 Å². The second kappa shape index (κ2) is 7.23. The van der Waals surface area contributed by atoms with Gasteiger partial charge in [-0.1, -0.05) is 13.0 Å². The van der Waals surface area contributed by atoms with Crippen LogP contribution in [0.1, 0.15) is 25.5 Å². The zero-order valence-electron chi connectivity index (χ0n) is 11.5. The normalized spacial score (nSPS) is 10.1. The Labute approximate surface area is 118 Å². The van der Waals surface area contributed by atoms with E-state index in [0.29, 0.717) is 18.8 Å². The number of hydrogen-bond acceptors (Lipinski definition) is 4. The van der Waals surface area contributed by atoms with Gasteiger partial charge < -0.3 is 10.6 Å². The number of hydrogen-bond donors (Lipinski definition) is 2. The Morgan fingerprint density at radius 1 is 1.20 bits per heavy atom. The average Bonchev–Trinajstić information content (AvgIpc) is 2.48. The summed E-state index contributed by atoms with van der Waals surface area (Å²) in [6, 6.07) is 9.47. The maximum Gasteiger partial charge on any atom is 0.225 e. The average molecular weight is 270 g/mol. The number of rotatable bonds is 6. The largest absolute Gasteiger partial charge is 0.378 e. The molecule has 0 radical (unpaired) electrons. The fourth-order valence-corrected chi connectivity index (χ4v) is 1.70. The minimum atomic E-state index is -0.00538. The number of carbonyl (C=O) groups excluding carboxylic acids is 1. The van der Waals surface area contributed by atoms with E-state index in [1.54, 1.807) is 18.5 Å². The first-order valence-corrected chi connectivity index (χ1v) is 6.67. The Kier molecular flexibility index (Phi) is 5.06. The highest BCUT2D eigenvalue weighted by atomic mass is 16.1. The zero-order chi connectivity index (χ0) is 14.2. The third kappa shape index (κ3) is 4.35. The van der Waals surface area contributed by atoms with Crippen LogP contribution in [0.15, 0.2) is 42.7 Å². The van der Waals surface area contributed by atoms with Gasteiger partial charge in [0.25, 0.3) is 0 Å². The summed E-state index contributed by atoms with van der Waals surface area (Å²) in [5.41, 5.74) is 1.86. The molecule has 2 rings (SSSR count). The lowest BCUT2D eigenvalue weighted by molar-refractivity contribution is -0.116. The Balaban J connectivity index is 1.87. The van der Waals surface area contributed by atoms with Gasteiger partial charge in [-0.25, -0.2) is 4.98 Å². The molecule has 0 fully saturated rings. The van der Waals surface area contributed by atoms with Crippen molar-refractivity contribution in [1.82, 2.24) is 9.97 Å². The standard InChI is InChI=1S/C15H18N4O/c1-2-5-15(20)19-14-8-7-13(11-18-14)17-10-12-6-3-4-9-16-12/h3-4,6-9,11,17H,2,5,10H2,1H3,(H,18,19,20). The number of nitrogens with zero attached hydrogens (tertiary/aromatic N) is 2. The van der Waals surface area contributed by atoms with Gasteiger partial charge in [-0.15, -0.1) is 0 Å². The van der Waals surface area contributed by atoms with Crippen LogP contribution >= 0.6 is 0 Å². The van der Waals surface area contributed by atoms with Crippen molar-refractivity contribution >= 4 is 17.4 Å². The van der Waals surface area contributed by atoms with Crippen molar-refractivity contribution in [2.75, 3.05) is 10.6 Å². The van der Waals surface area contributed by atoms with E-state index in [1.807, 2.05) is 31.2 Å². The highest BCUT2D eigenvalue weighted by Crippen LogP contribution is 2.11. The summed E-state index contributed by atoms with van der Waals surface area (Å²) >= 11 is 0. The topological polar surface area (TPSA) is 66.9 Å². The highest BCUT2D eigenvalue weighted by molar-refractivity contribution is 5.89. The number of carbonyl (C=O) groups is 1. The molecule has 104 valence electrons. The molecule has 2 aromatic heterocycles. The fourth-order valence-electron chi connectivity index (χ4n) is 1.70. The molecule has 0 aliphatic rings. The number of nitrogens with one attached hydrogen (secondary N) is 2. The van der Waals surface area contributed by atoms with Crippen LogP contribution in [-0.4, -0.2) is 15.9 Å². The van der Waals surface area contributed by atoms with E-state index in [1.165, 1.54) is 0 Å². The lowest BCUT2D eigenvalue weighted by atomic mass is 10.3. The minimum Gasteiger partial charge on any atom is -0.378 e. The number of amides is 1. The van der Waals surface area contributed by atoms with Crippen LogP contribution < -0.4 is 10.6 Å². The molecule has 2 heterocycles. The number of aromatic nitrogens is 2. The molecular weight excluding hydrogens is 252 g/mol. The second-order valence-electron chi connectivity index (χ2n) is 4.40. The minimum absolute atomic E-state index is 0.00538. The molecule has 5 heteroatoms. The molecule has 0 bridgehead atoms. The number of pyridine rings is 2. The van der Waals surface area contributed by atoms with E-state index < -0.39 is 0 Å². The second-order valence-corrected chi connectivity index (χ2v) is 4.40. The van der Waals surface area contributed by atoms with Crippen molar-refractivity contribution in [1.29, 1.82) is 0 Å². The van der Waals surface area contributed by atoms with Crippen LogP contribution in [0.3, 0.4) is 0 Å². The van der Waals surface area contributed by atoms with Gasteiger partial charge in [-0.05, 0) is 30.7 Å². The molecule has 1 amide bonds. The molecular formula is C15H18N4O. The predicted molar refractivity (Wildman–Crippen MR) is 79.3 cm³/mol. The molecule has 2 N–H and O–H groups in total. The van der Waals surface area contributed by atoms with Gasteiger partial charge in [0.1, 0.15) is 5.82 Å². The first kappa shape index (κ1) is 14.0. The maximum atomic E-state index is 11.4. The summed E-state index contributed by atoms with van der Waals surface area (Å²) in [5, 5.41) is 5.98. The summed E-state index contributed by atoms with van der Waals surface area (Å²) in [6.07, 6.45) is 4.81. The molecule has 0 saturated carbocycles. The van der Waals surface area contributed by atoms with E-state index in [0.717, 1.165) is 17.8 Å². The van der Waals surface area contributed by atoms with Crippen molar-refractivity contribution in [3.63, 3.8) is 0 Å². The molecule has 0 unspecified atom stereocenters. The Morgan fingerprint density at radius 2 is 2.10 bits per heavy atom. The van der Waals surface area contributed by atoms with E-state index in [9.17, 15) is 4.79 Å². The lowest BCUT2D eigenvalue weighted by Crippen LogP contribution is -2.11. The summed E-state index contributed by atoms with van der Waals surface area (Å²) in [5.74, 6) is 0.570. The molecule has 0 aromatic carbocycles. The molecule has 2 aromatic rings. The van der Waals surface area contributed by atoms with Gasteiger partial charge in [0.05, 0.1) is 24.1 Å². The van der Waals surface area contributed by atoms with Gasteiger partial charge >= 0.3 is 0 Å². The molecule has 0 atom stereocenters. The predicted octanol–water partition coefficient (Wildman–Crippen LogP) is 2.83. The molecule has 0 saturated heterocycles. The first-order valence-electron chi connectivity index (χ1n) is 6.67. The van der Waals surface area contributed by atoms with E-state index in [4.69, 9.17) is 0 Å². The smallest absolute Gasteiger partial charge is 0.225 e. The third-order valence-electron chi connectivity index (χ3n) is 2.71.